The zero-order chi connectivity index (χ0) is 27.9. The van der Waals surface area contributed by atoms with Crippen molar-refractivity contribution in [3.63, 3.8) is 0 Å². The van der Waals surface area contributed by atoms with Gasteiger partial charge in [-0.25, -0.2) is 27.8 Å². The molecule has 0 aliphatic heterocycles. The number of rotatable bonds is 14. The van der Waals surface area contributed by atoms with Crippen LogP contribution in [0.15, 0.2) is 30.6 Å². The van der Waals surface area contributed by atoms with Gasteiger partial charge in [-0.2, -0.15) is 0 Å². The maximum absolute atomic E-state index is 13.6. The van der Waals surface area contributed by atoms with Crippen LogP contribution in [-0.2, 0) is 24.2 Å². The van der Waals surface area contributed by atoms with Crippen LogP contribution in [0, 0.1) is 5.82 Å². The molecule has 3 aromatic heterocycles. The predicted octanol–water partition coefficient (Wildman–Crippen LogP) is 2.41. The Hall–Kier alpha value is -3.27. The van der Waals surface area contributed by atoms with Crippen molar-refractivity contribution in [1.82, 2.24) is 29.7 Å². The molecule has 13 nitrogen and oxygen atoms in total. The molecule has 2 atom stereocenters. The molecule has 0 bridgehead atoms. The van der Waals surface area contributed by atoms with Gasteiger partial charge in [-0.1, -0.05) is 6.07 Å². The lowest BCUT2D eigenvalue weighted by Gasteiger charge is -2.26. The summed E-state index contributed by atoms with van der Waals surface area (Å²) in [6, 6.07) is 4.58. The molecule has 15 heteroatoms. The van der Waals surface area contributed by atoms with Crippen LogP contribution < -0.4 is 9.46 Å². The van der Waals surface area contributed by atoms with Crippen LogP contribution in [0.25, 0.3) is 11.5 Å². The first-order valence-corrected chi connectivity index (χ1v) is 13.2. The highest BCUT2D eigenvalue weighted by Crippen LogP contribution is 2.30. The molecule has 3 rings (SSSR count). The fraction of sp³-hybridized carbons (Fsp3) is 0.522. The van der Waals surface area contributed by atoms with E-state index in [4.69, 9.17) is 18.9 Å². The summed E-state index contributed by atoms with van der Waals surface area (Å²) in [5.41, 5.74) is 0.397. The minimum absolute atomic E-state index is 0.0253. The van der Waals surface area contributed by atoms with Gasteiger partial charge >= 0.3 is 0 Å². The van der Waals surface area contributed by atoms with Gasteiger partial charge in [0.1, 0.15) is 17.0 Å². The quantitative estimate of drug-likeness (QED) is 0.313. The van der Waals surface area contributed by atoms with Crippen molar-refractivity contribution in [1.29, 1.82) is 0 Å². The Labute approximate surface area is 220 Å². The Balaban J connectivity index is 2.05. The largest absolute Gasteiger partial charge is 0.481 e. The third kappa shape index (κ3) is 6.98. The summed E-state index contributed by atoms with van der Waals surface area (Å²) in [5.74, 6) is -0.1000. The molecule has 0 spiro atoms. The van der Waals surface area contributed by atoms with Crippen molar-refractivity contribution in [3.8, 4) is 17.4 Å². The summed E-state index contributed by atoms with van der Waals surface area (Å²) in [7, 11) is 0.326. The normalized spacial score (nSPS) is 13.6. The Kier molecular flexibility index (Phi) is 10.0. The maximum Gasteiger partial charge on any atom is 0.240 e. The number of halogens is 1. The van der Waals surface area contributed by atoms with E-state index in [0.717, 1.165) is 12.4 Å². The van der Waals surface area contributed by atoms with Crippen LogP contribution in [-0.4, -0.2) is 84.0 Å². The van der Waals surface area contributed by atoms with Gasteiger partial charge in [-0.15, -0.1) is 10.2 Å². The van der Waals surface area contributed by atoms with E-state index in [9.17, 15) is 12.8 Å². The van der Waals surface area contributed by atoms with Gasteiger partial charge in [0.05, 0.1) is 44.9 Å². The van der Waals surface area contributed by atoms with Gasteiger partial charge in [0.2, 0.25) is 21.9 Å². The molecule has 0 aliphatic carbocycles. The molecular formula is C23H32FN7O6S. The summed E-state index contributed by atoms with van der Waals surface area (Å²) in [4.78, 5) is 12.3. The SMILES string of the molecule is COCC(COC)n1c(NS(=O)(=O)[C@@H](C)[C@@H](OC(C)C)c2ncc(F)cn2)nnc1-c1cccc(OC)n1. The highest BCUT2D eigenvalue weighted by atomic mass is 32.2. The van der Waals surface area contributed by atoms with E-state index in [0.29, 0.717) is 11.6 Å². The summed E-state index contributed by atoms with van der Waals surface area (Å²) >= 11 is 0. The van der Waals surface area contributed by atoms with Crippen LogP contribution in [0.2, 0.25) is 0 Å². The van der Waals surface area contributed by atoms with Crippen molar-refractivity contribution in [3.05, 3.63) is 42.2 Å². The third-order valence-electron chi connectivity index (χ3n) is 5.40. The summed E-state index contributed by atoms with van der Waals surface area (Å²) < 4.78 is 66.5. The molecule has 38 heavy (non-hydrogen) atoms. The lowest BCUT2D eigenvalue weighted by atomic mass is 10.2. The number of sulfonamides is 1. The first kappa shape index (κ1) is 29.3. The number of hydrogen-bond acceptors (Lipinski definition) is 11. The van der Waals surface area contributed by atoms with E-state index in [2.05, 4.69) is 29.9 Å². The topological polar surface area (TPSA) is 152 Å². The van der Waals surface area contributed by atoms with Crippen molar-refractivity contribution in [2.45, 2.75) is 44.3 Å². The van der Waals surface area contributed by atoms with Crippen LogP contribution in [0.5, 0.6) is 5.88 Å². The molecule has 3 aromatic rings. The summed E-state index contributed by atoms with van der Waals surface area (Å²) in [5, 5.41) is 7.12. The van der Waals surface area contributed by atoms with E-state index in [1.165, 1.54) is 28.3 Å². The first-order valence-electron chi connectivity index (χ1n) is 11.7. The second-order valence-corrected chi connectivity index (χ2v) is 10.6. The Morgan fingerprint density at radius 3 is 2.26 bits per heavy atom. The van der Waals surface area contributed by atoms with Gasteiger partial charge in [-0.05, 0) is 26.8 Å². The number of nitrogens with zero attached hydrogens (tertiary/aromatic N) is 6. The molecule has 208 valence electrons. The number of ether oxygens (including phenoxy) is 4. The van der Waals surface area contributed by atoms with Gasteiger partial charge in [0.25, 0.3) is 0 Å². The third-order valence-corrected chi connectivity index (χ3v) is 7.10. The van der Waals surface area contributed by atoms with E-state index in [-0.39, 0.29) is 36.9 Å². The number of aromatic nitrogens is 6. The molecule has 3 heterocycles. The fourth-order valence-corrected chi connectivity index (χ4v) is 4.73. The number of methoxy groups -OCH3 is 3. The van der Waals surface area contributed by atoms with Gasteiger partial charge in [-0.3, -0.25) is 9.29 Å². The zero-order valence-corrected chi connectivity index (χ0v) is 22.8. The Bertz CT molecular complexity index is 1280. The first-order chi connectivity index (χ1) is 18.1. The summed E-state index contributed by atoms with van der Waals surface area (Å²) in [6.07, 6.45) is 0.442. The Morgan fingerprint density at radius 1 is 1.03 bits per heavy atom. The molecule has 0 saturated carbocycles. The fourth-order valence-electron chi connectivity index (χ4n) is 3.64. The van der Waals surface area contributed by atoms with Crippen LogP contribution in [0.3, 0.4) is 0 Å². The maximum atomic E-state index is 13.6. The molecule has 0 saturated heterocycles. The zero-order valence-electron chi connectivity index (χ0n) is 22.0. The molecule has 0 fully saturated rings. The van der Waals surface area contributed by atoms with Crippen molar-refractivity contribution >= 4 is 16.0 Å². The van der Waals surface area contributed by atoms with Crippen LogP contribution in [0.4, 0.5) is 10.3 Å². The number of nitrogens with one attached hydrogen (secondary N) is 1. The van der Waals surface area contributed by atoms with Crippen molar-refractivity contribution < 1.29 is 31.8 Å². The second-order valence-electron chi connectivity index (χ2n) is 8.56. The van der Waals surface area contributed by atoms with E-state index < -0.39 is 33.2 Å². The highest BCUT2D eigenvalue weighted by molar-refractivity contribution is 7.93. The van der Waals surface area contributed by atoms with Crippen molar-refractivity contribution in [2.24, 2.45) is 0 Å². The molecule has 0 radical (unpaired) electrons. The summed E-state index contributed by atoms with van der Waals surface area (Å²) in [6.45, 7) is 5.25. The Morgan fingerprint density at radius 2 is 1.68 bits per heavy atom. The lowest BCUT2D eigenvalue weighted by Crippen LogP contribution is -2.35. The molecule has 0 amide bonds. The number of hydrogen-bond donors (Lipinski definition) is 1. The van der Waals surface area contributed by atoms with Gasteiger partial charge in [0, 0.05) is 20.3 Å². The molecule has 0 aliphatic rings. The molecule has 0 aromatic carbocycles. The van der Waals surface area contributed by atoms with Gasteiger partial charge in [0.15, 0.2) is 17.5 Å². The molecule has 1 N–H and O–H groups in total. The molecular weight excluding hydrogens is 521 g/mol. The average Bonchev–Trinajstić information content (AvgIpc) is 3.29. The van der Waals surface area contributed by atoms with Crippen LogP contribution in [0.1, 0.15) is 38.7 Å². The van der Waals surface area contributed by atoms with E-state index in [1.54, 1.807) is 36.6 Å². The highest BCUT2D eigenvalue weighted by Gasteiger charge is 2.36. The minimum Gasteiger partial charge on any atom is -0.481 e. The predicted molar refractivity (Wildman–Crippen MR) is 136 cm³/mol. The van der Waals surface area contributed by atoms with E-state index in [1.807, 2.05) is 0 Å². The van der Waals surface area contributed by atoms with E-state index >= 15 is 0 Å². The second kappa shape index (κ2) is 13.0. The minimum atomic E-state index is -4.18. The lowest BCUT2D eigenvalue weighted by molar-refractivity contribution is 0.00144. The monoisotopic (exact) mass is 553 g/mol. The average molecular weight is 554 g/mol. The number of pyridine rings is 1. The molecule has 0 unspecified atom stereocenters. The van der Waals surface area contributed by atoms with Gasteiger partial charge < -0.3 is 18.9 Å². The van der Waals surface area contributed by atoms with Crippen LogP contribution >= 0.6 is 0 Å². The smallest absolute Gasteiger partial charge is 0.240 e. The standard InChI is InChI=1S/C23H32FN7O6S/c1-14(2)37-20(21-25-10-16(24)11-26-21)15(3)38(32,33)30-23-29-28-22(18-8-7-9-19(27-18)36-6)31(23)17(12-34-4)13-35-5/h7-11,14-15,17,20H,12-13H2,1-6H3,(H,29,30)/t15-,20+/m0/s1. The van der Waals surface area contributed by atoms with Crippen molar-refractivity contribution in [2.75, 3.05) is 39.3 Å². The number of anilines is 1.